The lowest BCUT2D eigenvalue weighted by Gasteiger charge is -2.11. The van der Waals surface area contributed by atoms with Gasteiger partial charge >= 0.3 is 6.36 Å². The minimum absolute atomic E-state index is 0.190. The summed E-state index contributed by atoms with van der Waals surface area (Å²) in [5, 5.41) is 8.53. The molecule has 1 rings (SSSR count). The molecule has 0 amide bonds. The van der Waals surface area contributed by atoms with E-state index in [0.29, 0.717) is 12.0 Å². The highest BCUT2D eigenvalue weighted by molar-refractivity contribution is 5.37. The van der Waals surface area contributed by atoms with Crippen molar-refractivity contribution in [2.75, 3.05) is 0 Å². The van der Waals surface area contributed by atoms with E-state index in [-0.39, 0.29) is 12.2 Å². The van der Waals surface area contributed by atoms with Gasteiger partial charge in [-0.1, -0.05) is 13.0 Å². The second-order valence-corrected chi connectivity index (χ2v) is 3.17. The molecule has 86 valence electrons. The third-order valence-electron chi connectivity index (χ3n) is 2.06. The van der Waals surface area contributed by atoms with Gasteiger partial charge in [0.15, 0.2) is 0 Å². The second-order valence-electron chi connectivity index (χ2n) is 3.17. The van der Waals surface area contributed by atoms with Crippen LogP contribution in [0.5, 0.6) is 5.75 Å². The third-order valence-corrected chi connectivity index (χ3v) is 2.06. The highest BCUT2D eigenvalue weighted by Crippen LogP contribution is 2.25. The van der Waals surface area contributed by atoms with E-state index in [2.05, 4.69) is 4.74 Å². The number of hydrogen-bond donors (Lipinski definition) is 0. The Balaban J connectivity index is 2.96. The highest BCUT2D eigenvalue weighted by Gasteiger charge is 2.31. The van der Waals surface area contributed by atoms with E-state index < -0.39 is 6.36 Å². The molecular formula is C11H10F3NO. The molecule has 0 N–H and O–H groups in total. The van der Waals surface area contributed by atoms with Gasteiger partial charge in [-0.05, 0) is 29.7 Å². The number of aryl methyl sites for hydroxylation is 1. The molecule has 5 heteroatoms. The Morgan fingerprint density at radius 1 is 1.31 bits per heavy atom. The topological polar surface area (TPSA) is 33.0 Å². The molecule has 0 aliphatic carbocycles. The molecule has 0 bridgehead atoms. The molecule has 0 fully saturated rings. The van der Waals surface area contributed by atoms with E-state index in [1.165, 1.54) is 18.2 Å². The molecule has 0 aliphatic heterocycles. The first kappa shape index (κ1) is 12.4. The maximum atomic E-state index is 12.0. The summed E-state index contributed by atoms with van der Waals surface area (Å²) in [5.74, 6) is -0.244. The van der Waals surface area contributed by atoms with Crippen molar-refractivity contribution in [1.29, 1.82) is 5.26 Å². The first-order valence-corrected chi connectivity index (χ1v) is 4.70. The van der Waals surface area contributed by atoms with Crippen molar-refractivity contribution in [2.45, 2.75) is 26.1 Å². The van der Waals surface area contributed by atoms with Crippen LogP contribution in [0.2, 0.25) is 0 Å². The minimum atomic E-state index is -4.68. The summed E-state index contributed by atoms with van der Waals surface area (Å²) in [6, 6.07) is 5.99. The Kier molecular flexibility index (Phi) is 3.78. The Hall–Kier alpha value is -1.70. The van der Waals surface area contributed by atoms with E-state index in [4.69, 9.17) is 5.26 Å². The van der Waals surface area contributed by atoms with Crippen LogP contribution in [-0.4, -0.2) is 6.36 Å². The number of benzene rings is 1. The zero-order chi connectivity index (χ0) is 12.2. The van der Waals surface area contributed by atoms with E-state index in [1.54, 1.807) is 0 Å². The lowest BCUT2D eigenvalue weighted by atomic mass is 10.0. The maximum Gasteiger partial charge on any atom is 0.573 e. The number of alkyl halides is 3. The molecule has 0 atom stereocenters. The van der Waals surface area contributed by atoms with Crippen molar-refractivity contribution in [3.63, 3.8) is 0 Å². The van der Waals surface area contributed by atoms with Crippen LogP contribution in [0.1, 0.15) is 18.1 Å². The van der Waals surface area contributed by atoms with Gasteiger partial charge in [-0.25, -0.2) is 0 Å². The number of rotatable bonds is 3. The van der Waals surface area contributed by atoms with Crippen LogP contribution < -0.4 is 4.74 Å². The molecule has 0 spiro atoms. The van der Waals surface area contributed by atoms with Crippen LogP contribution in [0.15, 0.2) is 18.2 Å². The molecule has 2 nitrogen and oxygen atoms in total. The molecule has 1 aromatic carbocycles. The summed E-state index contributed by atoms with van der Waals surface area (Å²) in [4.78, 5) is 0. The van der Waals surface area contributed by atoms with Crippen molar-refractivity contribution >= 4 is 0 Å². The second kappa shape index (κ2) is 4.88. The van der Waals surface area contributed by atoms with Crippen molar-refractivity contribution in [1.82, 2.24) is 0 Å². The first-order valence-electron chi connectivity index (χ1n) is 4.70. The SMILES string of the molecule is CCc1cc(OC(F)(F)F)ccc1CC#N. The van der Waals surface area contributed by atoms with Crippen LogP contribution in [0.25, 0.3) is 0 Å². The summed E-state index contributed by atoms with van der Waals surface area (Å²) < 4.78 is 39.6. The van der Waals surface area contributed by atoms with Crippen LogP contribution in [0, 0.1) is 11.3 Å². The minimum Gasteiger partial charge on any atom is -0.406 e. The van der Waals surface area contributed by atoms with Gasteiger partial charge in [0.1, 0.15) is 5.75 Å². The van der Waals surface area contributed by atoms with Gasteiger partial charge in [0.05, 0.1) is 12.5 Å². The van der Waals surface area contributed by atoms with Crippen LogP contribution >= 0.6 is 0 Å². The van der Waals surface area contributed by atoms with Crippen molar-refractivity contribution in [3.8, 4) is 11.8 Å². The molecule has 0 unspecified atom stereocenters. The van der Waals surface area contributed by atoms with E-state index in [1.807, 2.05) is 13.0 Å². The average molecular weight is 229 g/mol. The van der Waals surface area contributed by atoms with E-state index in [9.17, 15) is 13.2 Å². The maximum absolute atomic E-state index is 12.0. The van der Waals surface area contributed by atoms with Crippen molar-refractivity contribution in [2.24, 2.45) is 0 Å². The van der Waals surface area contributed by atoms with Crippen molar-refractivity contribution < 1.29 is 17.9 Å². The standard InChI is InChI=1S/C11H10F3NO/c1-2-8-7-10(16-11(12,13)14)4-3-9(8)5-6-15/h3-4,7H,2,5H2,1H3. The van der Waals surface area contributed by atoms with Crippen LogP contribution in [0.3, 0.4) is 0 Å². The summed E-state index contributed by atoms with van der Waals surface area (Å²) in [6.07, 6.45) is -3.93. The Bertz CT molecular complexity index is 407. The highest BCUT2D eigenvalue weighted by atomic mass is 19.4. The predicted molar refractivity (Wildman–Crippen MR) is 51.8 cm³/mol. The zero-order valence-electron chi connectivity index (χ0n) is 8.64. The van der Waals surface area contributed by atoms with Crippen LogP contribution in [-0.2, 0) is 12.8 Å². The average Bonchev–Trinajstić information content (AvgIpc) is 2.18. The van der Waals surface area contributed by atoms with Gasteiger partial charge in [-0.3, -0.25) is 0 Å². The Labute approximate surface area is 91.3 Å². The van der Waals surface area contributed by atoms with Crippen molar-refractivity contribution in [3.05, 3.63) is 29.3 Å². The monoisotopic (exact) mass is 229 g/mol. The number of hydrogen-bond acceptors (Lipinski definition) is 2. The van der Waals surface area contributed by atoms with Gasteiger partial charge in [0.25, 0.3) is 0 Å². The molecule has 0 aromatic heterocycles. The molecule has 16 heavy (non-hydrogen) atoms. The third kappa shape index (κ3) is 3.46. The van der Waals surface area contributed by atoms with E-state index in [0.717, 1.165) is 5.56 Å². The number of ether oxygens (including phenoxy) is 1. The Morgan fingerprint density at radius 3 is 2.50 bits per heavy atom. The lowest BCUT2D eigenvalue weighted by Crippen LogP contribution is -2.17. The smallest absolute Gasteiger partial charge is 0.406 e. The summed E-state index contributed by atoms with van der Waals surface area (Å²) in [6.45, 7) is 1.81. The fourth-order valence-electron chi connectivity index (χ4n) is 1.39. The summed E-state index contributed by atoms with van der Waals surface area (Å²) in [7, 11) is 0. The molecular weight excluding hydrogens is 219 g/mol. The quantitative estimate of drug-likeness (QED) is 0.797. The molecule has 0 saturated heterocycles. The molecule has 0 heterocycles. The molecule has 1 aromatic rings. The molecule has 0 aliphatic rings. The summed E-state index contributed by atoms with van der Waals surface area (Å²) in [5.41, 5.74) is 1.43. The fourth-order valence-corrected chi connectivity index (χ4v) is 1.39. The predicted octanol–water partition coefficient (Wildman–Crippen LogP) is 3.21. The normalized spacial score (nSPS) is 10.9. The van der Waals surface area contributed by atoms with Gasteiger partial charge in [0.2, 0.25) is 0 Å². The largest absolute Gasteiger partial charge is 0.573 e. The number of halogens is 3. The number of nitrogens with zero attached hydrogens (tertiary/aromatic N) is 1. The number of nitriles is 1. The Morgan fingerprint density at radius 2 is 2.00 bits per heavy atom. The zero-order valence-corrected chi connectivity index (χ0v) is 8.64. The van der Waals surface area contributed by atoms with Gasteiger partial charge in [-0.15, -0.1) is 13.2 Å². The lowest BCUT2D eigenvalue weighted by molar-refractivity contribution is -0.274. The first-order chi connectivity index (χ1) is 7.46. The van der Waals surface area contributed by atoms with E-state index >= 15 is 0 Å². The molecule has 0 radical (unpaired) electrons. The fraction of sp³-hybridized carbons (Fsp3) is 0.364. The summed E-state index contributed by atoms with van der Waals surface area (Å²) >= 11 is 0. The molecule has 0 saturated carbocycles. The van der Waals surface area contributed by atoms with Gasteiger partial charge in [-0.2, -0.15) is 5.26 Å². The van der Waals surface area contributed by atoms with Crippen LogP contribution in [0.4, 0.5) is 13.2 Å². The van der Waals surface area contributed by atoms with Gasteiger partial charge < -0.3 is 4.74 Å². The van der Waals surface area contributed by atoms with Gasteiger partial charge in [0, 0.05) is 0 Å².